The lowest BCUT2D eigenvalue weighted by Crippen LogP contribution is -2.04. The Balaban J connectivity index is 1.48. The second-order valence-electron chi connectivity index (χ2n) is 5.64. The summed E-state index contributed by atoms with van der Waals surface area (Å²) >= 11 is 1.47. The summed E-state index contributed by atoms with van der Waals surface area (Å²) in [4.78, 5) is 4.39. The van der Waals surface area contributed by atoms with Crippen molar-refractivity contribution in [1.29, 1.82) is 0 Å². The van der Waals surface area contributed by atoms with Gasteiger partial charge in [0, 0.05) is 5.56 Å². The van der Waals surface area contributed by atoms with Crippen LogP contribution in [0.1, 0.15) is 11.3 Å². The van der Waals surface area contributed by atoms with E-state index in [2.05, 4.69) is 15.5 Å². The summed E-state index contributed by atoms with van der Waals surface area (Å²) in [5.74, 6) is 0.749. The van der Waals surface area contributed by atoms with Gasteiger partial charge in [-0.25, -0.2) is 4.98 Å². The van der Waals surface area contributed by atoms with Crippen LogP contribution in [-0.4, -0.2) is 11.2 Å². The fourth-order valence-corrected chi connectivity index (χ4v) is 3.31. The Morgan fingerprint density at radius 1 is 1.04 bits per heavy atom. The van der Waals surface area contributed by atoms with Gasteiger partial charge in [0.2, 0.25) is 5.13 Å². The van der Waals surface area contributed by atoms with Gasteiger partial charge in [0.15, 0.2) is 0 Å². The highest BCUT2D eigenvalue weighted by atomic mass is 32.1. The molecule has 2 aromatic carbocycles. The molecule has 0 unspecified atom stereocenters. The lowest BCUT2D eigenvalue weighted by Gasteiger charge is -2.07. The molecule has 0 atom stereocenters. The number of hydrogen-bond acceptors (Lipinski definition) is 5. The predicted molar refractivity (Wildman–Crippen MR) is 100.0 cm³/mol. The summed E-state index contributed by atoms with van der Waals surface area (Å²) in [7, 11) is 0. The summed E-state index contributed by atoms with van der Waals surface area (Å²) in [5, 5.41) is 4.71. The van der Waals surface area contributed by atoms with Crippen LogP contribution in [0.5, 0.6) is 0 Å². The first-order valence-electron chi connectivity index (χ1n) is 7.91. The highest BCUT2D eigenvalue weighted by molar-refractivity contribution is 7.22. The molecule has 4 rings (SSSR count). The first kappa shape index (κ1) is 17.3. The number of aromatic nitrogens is 1. The first-order chi connectivity index (χ1) is 13.0. The summed E-state index contributed by atoms with van der Waals surface area (Å²) in [6, 6.07) is 16.0. The molecular weight excluding hydrogens is 375 g/mol. The van der Waals surface area contributed by atoms with Crippen molar-refractivity contribution >= 4 is 32.9 Å². The summed E-state index contributed by atoms with van der Waals surface area (Å²) < 4.78 is 45.1. The van der Waals surface area contributed by atoms with Crippen LogP contribution in [0.2, 0.25) is 0 Å². The van der Waals surface area contributed by atoms with Crippen molar-refractivity contribution in [2.24, 2.45) is 5.10 Å². The van der Waals surface area contributed by atoms with Crippen LogP contribution in [-0.2, 0) is 6.18 Å². The van der Waals surface area contributed by atoms with Gasteiger partial charge in [-0.1, -0.05) is 35.6 Å². The fourth-order valence-electron chi connectivity index (χ4n) is 2.50. The third-order valence-electron chi connectivity index (χ3n) is 3.75. The normalized spacial score (nSPS) is 12.1. The number of furan rings is 1. The van der Waals surface area contributed by atoms with Gasteiger partial charge in [0.25, 0.3) is 0 Å². The lowest BCUT2D eigenvalue weighted by molar-refractivity contribution is -0.137. The number of para-hydroxylation sites is 1. The minimum Gasteiger partial charge on any atom is -0.455 e. The van der Waals surface area contributed by atoms with Crippen LogP contribution in [0.25, 0.3) is 21.5 Å². The number of alkyl halides is 3. The van der Waals surface area contributed by atoms with Crippen LogP contribution < -0.4 is 5.43 Å². The second-order valence-corrected chi connectivity index (χ2v) is 6.67. The smallest absolute Gasteiger partial charge is 0.416 e. The monoisotopic (exact) mass is 387 g/mol. The maximum Gasteiger partial charge on any atom is 0.416 e. The Morgan fingerprint density at radius 2 is 1.89 bits per heavy atom. The van der Waals surface area contributed by atoms with E-state index in [1.165, 1.54) is 23.6 Å². The largest absolute Gasteiger partial charge is 0.455 e. The highest BCUT2D eigenvalue weighted by Crippen LogP contribution is 2.32. The molecule has 0 aliphatic rings. The second kappa shape index (κ2) is 6.88. The van der Waals surface area contributed by atoms with Crippen molar-refractivity contribution in [2.45, 2.75) is 6.18 Å². The molecule has 0 bridgehead atoms. The van der Waals surface area contributed by atoms with Gasteiger partial charge < -0.3 is 4.42 Å². The van der Waals surface area contributed by atoms with Crippen LogP contribution in [0, 0.1) is 0 Å². The summed E-state index contributed by atoms with van der Waals surface area (Å²) in [5.41, 5.74) is 3.34. The summed E-state index contributed by atoms with van der Waals surface area (Å²) in [6.07, 6.45) is -2.95. The minimum absolute atomic E-state index is 0.336. The molecule has 0 saturated heterocycles. The molecule has 0 spiro atoms. The number of nitrogens with zero attached hydrogens (tertiary/aromatic N) is 2. The topological polar surface area (TPSA) is 50.4 Å². The van der Waals surface area contributed by atoms with E-state index >= 15 is 0 Å². The van der Waals surface area contributed by atoms with Crippen LogP contribution in [0.3, 0.4) is 0 Å². The molecule has 0 aliphatic carbocycles. The molecular formula is C19H12F3N3OS. The maximum atomic E-state index is 12.8. The van der Waals surface area contributed by atoms with E-state index in [0.29, 0.717) is 22.2 Å². The van der Waals surface area contributed by atoms with Gasteiger partial charge in [-0.3, -0.25) is 5.43 Å². The molecule has 4 aromatic rings. The quantitative estimate of drug-likeness (QED) is 0.344. The van der Waals surface area contributed by atoms with E-state index in [4.69, 9.17) is 4.42 Å². The van der Waals surface area contributed by atoms with Gasteiger partial charge >= 0.3 is 6.18 Å². The molecule has 0 amide bonds. The van der Waals surface area contributed by atoms with Crippen molar-refractivity contribution in [3.8, 4) is 11.3 Å². The molecule has 27 heavy (non-hydrogen) atoms. The Bertz CT molecular complexity index is 1080. The molecule has 0 aliphatic heterocycles. The number of anilines is 1. The summed E-state index contributed by atoms with van der Waals surface area (Å²) in [6.45, 7) is 0. The van der Waals surface area contributed by atoms with Crippen LogP contribution >= 0.6 is 11.3 Å². The minimum atomic E-state index is -4.39. The average molecular weight is 387 g/mol. The zero-order valence-electron chi connectivity index (χ0n) is 13.7. The van der Waals surface area contributed by atoms with E-state index in [9.17, 15) is 13.2 Å². The van der Waals surface area contributed by atoms with E-state index in [1.807, 2.05) is 24.3 Å². The third kappa shape index (κ3) is 3.85. The van der Waals surface area contributed by atoms with E-state index < -0.39 is 11.7 Å². The standard InChI is InChI=1S/C19H12F3N3OS/c20-19(21,22)13-5-3-4-12(10-13)16-9-8-14(26-16)11-23-25-18-24-15-6-1-2-7-17(15)27-18/h1-11H,(H,24,25). The van der Waals surface area contributed by atoms with Crippen molar-refractivity contribution < 1.29 is 17.6 Å². The number of thiazole rings is 1. The zero-order valence-corrected chi connectivity index (χ0v) is 14.5. The first-order valence-corrected chi connectivity index (χ1v) is 8.73. The number of fused-ring (bicyclic) bond motifs is 1. The molecule has 4 nitrogen and oxygen atoms in total. The Kier molecular flexibility index (Phi) is 4.41. The van der Waals surface area contributed by atoms with Gasteiger partial charge in [0.05, 0.1) is 22.0 Å². The number of hydrazone groups is 1. The highest BCUT2D eigenvalue weighted by Gasteiger charge is 2.30. The van der Waals surface area contributed by atoms with Crippen molar-refractivity contribution in [3.05, 3.63) is 72.0 Å². The van der Waals surface area contributed by atoms with Gasteiger partial charge in [-0.2, -0.15) is 18.3 Å². The number of hydrogen-bond donors (Lipinski definition) is 1. The number of nitrogens with one attached hydrogen (secondary N) is 1. The number of benzene rings is 2. The van der Waals surface area contributed by atoms with E-state index in [1.54, 1.807) is 18.2 Å². The number of halogens is 3. The van der Waals surface area contributed by atoms with Crippen LogP contribution in [0.15, 0.2) is 70.2 Å². The van der Waals surface area contributed by atoms with E-state index in [0.717, 1.165) is 22.3 Å². The molecule has 0 radical (unpaired) electrons. The molecule has 1 N–H and O–H groups in total. The third-order valence-corrected chi connectivity index (χ3v) is 4.69. The fraction of sp³-hybridized carbons (Fsp3) is 0.0526. The van der Waals surface area contributed by atoms with Crippen LogP contribution in [0.4, 0.5) is 18.3 Å². The Hall–Kier alpha value is -3.13. The van der Waals surface area contributed by atoms with Crippen molar-refractivity contribution in [3.63, 3.8) is 0 Å². The molecule has 2 aromatic heterocycles. The van der Waals surface area contributed by atoms with E-state index in [-0.39, 0.29) is 0 Å². The predicted octanol–water partition coefficient (Wildman–Crippen LogP) is 6.02. The molecule has 8 heteroatoms. The van der Waals surface area contributed by atoms with Gasteiger partial charge in [0.1, 0.15) is 11.5 Å². The Morgan fingerprint density at radius 3 is 2.70 bits per heavy atom. The van der Waals surface area contributed by atoms with Gasteiger partial charge in [-0.15, -0.1) is 0 Å². The lowest BCUT2D eigenvalue weighted by atomic mass is 10.1. The molecule has 2 heterocycles. The molecule has 136 valence electrons. The SMILES string of the molecule is FC(F)(F)c1cccc(-c2ccc(C=NNc3nc4ccccc4s3)o2)c1. The zero-order chi connectivity index (χ0) is 18.9. The molecule has 0 fully saturated rings. The molecule has 0 saturated carbocycles. The maximum absolute atomic E-state index is 12.8. The van der Waals surface area contributed by atoms with Gasteiger partial charge in [-0.05, 0) is 36.4 Å². The number of rotatable bonds is 4. The Labute approximate surface area is 156 Å². The van der Waals surface area contributed by atoms with Crippen molar-refractivity contribution in [2.75, 3.05) is 5.43 Å². The average Bonchev–Trinajstić information content (AvgIpc) is 3.27. The van der Waals surface area contributed by atoms with Crippen molar-refractivity contribution in [1.82, 2.24) is 4.98 Å².